The molecule has 0 aromatic heterocycles. The zero-order valence-corrected chi connectivity index (χ0v) is 15.0. The Bertz CT molecular complexity index is 281. The fourth-order valence-electron chi connectivity index (χ4n) is 2.62. The SMILES string of the molecule is CCCCCCCCCCCC(CC(C)C)OP(=O)(O)O.[KH]. The van der Waals surface area contributed by atoms with Crippen LogP contribution < -0.4 is 0 Å². The van der Waals surface area contributed by atoms with Gasteiger partial charge in [0.1, 0.15) is 0 Å². The Balaban J connectivity index is 0. The molecule has 0 aliphatic carbocycles. The molecule has 0 spiro atoms. The van der Waals surface area contributed by atoms with E-state index >= 15 is 0 Å². The second-order valence-electron chi connectivity index (χ2n) is 6.46. The number of phosphoric acid groups is 1. The van der Waals surface area contributed by atoms with Crippen LogP contribution in [0.2, 0.25) is 0 Å². The van der Waals surface area contributed by atoms with Crippen molar-refractivity contribution < 1.29 is 18.9 Å². The van der Waals surface area contributed by atoms with Gasteiger partial charge >= 0.3 is 59.2 Å². The van der Waals surface area contributed by atoms with Gasteiger partial charge in [-0.05, 0) is 18.8 Å². The summed E-state index contributed by atoms with van der Waals surface area (Å²) in [6.45, 7) is 6.33. The van der Waals surface area contributed by atoms with Gasteiger partial charge in [-0.1, -0.05) is 78.6 Å². The Morgan fingerprint density at radius 1 is 0.909 bits per heavy atom. The van der Waals surface area contributed by atoms with Gasteiger partial charge in [0.25, 0.3) is 0 Å². The molecule has 0 aromatic rings. The van der Waals surface area contributed by atoms with Crippen LogP contribution in [-0.2, 0) is 9.09 Å². The van der Waals surface area contributed by atoms with Gasteiger partial charge in [-0.25, -0.2) is 4.57 Å². The third kappa shape index (κ3) is 19.8. The Morgan fingerprint density at radius 3 is 1.77 bits per heavy atom. The van der Waals surface area contributed by atoms with Gasteiger partial charge in [-0.15, -0.1) is 0 Å². The Hall–Kier alpha value is 1.75. The van der Waals surface area contributed by atoms with Crippen LogP contribution in [0.5, 0.6) is 0 Å². The van der Waals surface area contributed by atoms with E-state index in [0.717, 1.165) is 19.3 Å². The Kier molecular flexibility index (Phi) is 19.2. The molecule has 6 heteroatoms. The van der Waals surface area contributed by atoms with Gasteiger partial charge in [0.15, 0.2) is 0 Å². The van der Waals surface area contributed by atoms with Crippen LogP contribution in [0.25, 0.3) is 0 Å². The molecule has 0 fully saturated rings. The van der Waals surface area contributed by atoms with Crippen LogP contribution in [0.4, 0.5) is 0 Å². The predicted molar refractivity (Wildman–Crippen MR) is 95.4 cm³/mol. The van der Waals surface area contributed by atoms with E-state index in [1.54, 1.807) is 0 Å². The van der Waals surface area contributed by atoms with Crippen LogP contribution in [0.15, 0.2) is 0 Å². The topological polar surface area (TPSA) is 66.8 Å². The second kappa shape index (κ2) is 16.2. The normalized spacial score (nSPS) is 13.2. The molecule has 1 unspecified atom stereocenters. The Labute approximate surface area is 179 Å². The standard InChI is InChI=1S/C16H35O4P.K.H/c1-4-5-6-7-8-9-10-11-12-13-16(14-15(2)3)20-21(17,18)19;;/h15-16H,4-14H2,1-3H3,(H2,17,18,19);;. The first-order chi connectivity index (χ1) is 9.85. The molecular weight excluding hydrogens is 326 g/mol. The van der Waals surface area contributed by atoms with Gasteiger partial charge in [0.05, 0.1) is 6.10 Å². The molecule has 0 saturated carbocycles. The molecule has 0 bridgehead atoms. The molecule has 4 nitrogen and oxygen atoms in total. The van der Waals surface area contributed by atoms with Crippen molar-refractivity contribution in [2.75, 3.05) is 0 Å². The quantitative estimate of drug-likeness (QED) is 0.265. The minimum absolute atomic E-state index is 0. The minimum atomic E-state index is -4.36. The summed E-state index contributed by atoms with van der Waals surface area (Å²) in [6, 6.07) is 0. The van der Waals surface area contributed by atoms with Gasteiger partial charge in [-0.3, -0.25) is 4.52 Å². The van der Waals surface area contributed by atoms with Crippen molar-refractivity contribution >= 4 is 59.2 Å². The maximum atomic E-state index is 11.0. The van der Waals surface area contributed by atoms with Crippen LogP contribution >= 0.6 is 7.82 Å². The van der Waals surface area contributed by atoms with Gasteiger partial charge in [0.2, 0.25) is 0 Å². The Morgan fingerprint density at radius 2 is 1.36 bits per heavy atom. The molecule has 130 valence electrons. The molecule has 0 aliphatic heterocycles. The van der Waals surface area contributed by atoms with Gasteiger partial charge < -0.3 is 9.79 Å². The molecule has 1 atom stereocenters. The molecular formula is C16H36KO4P. The van der Waals surface area contributed by atoms with E-state index in [0.29, 0.717) is 12.3 Å². The second-order valence-corrected chi connectivity index (χ2v) is 7.66. The fraction of sp³-hybridized carbons (Fsp3) is 1.00. The van der Waals surface area contributed by atoms with E-state index in [1.165, 1.54) is 44.9 Å². The van der Waals surface area contributed by atoms with Crippen LogP contribution in [0, 0.1) is 5.92 Å². The molecule has 0 radical (unpaired) electrons. The summed E-state index contributed by atoms with van der Waals surface area (Å²) < 4.78 is 15.8. The van der Waals surface area contributed by atoms with E-state index in [1.807, 2.05) is 13.8 Å². The first-order valence-corrected chi connectivity index (χ1v) is 10.1. The van der Waals surface area contributed by atoms with E-state index in [9.17, 15) is 4.57 Å². The van der Waals surface area contributed by atoms with Gasteiger partial charge in [0, 0.05) is 0 Å². The molecule has 2 N–H and O–H groups in total. The summed E-state index contributed by atoms with van der Waals surface area (Å²) in [5, 5.41) is 0. The first kappa shape index (κ1) is 26.0. The predicted octanol–water partition coefficient (Wildman–Crippen LogP) is 4.78. The van der Waals surface area contributed by atoms with E-state index < -0.39 is 7.82 Å². The monoisotopic (exact) mass is 362 g/mol. The number of hydrogen-bond donors (Lipinski definition) is 2. The van der Waals surface area contributed by atoms with Crippen molar-refractivity contribution in [2.45, 2.75) is 97.5 Å². The summed E-state index contributed by atoms with van der Waals surface area (Å²) in [5.74, 6) is 0.389. The van der Waals surface area contributed by atoms with Crippen LogP contribution in [0.3, 0.4) is 0 Å². The van der Waals surface area contributed by atoms with Crippen molar-refractivity contribution in [3.8, 4) is 0 Å². The fourth-order valence-corrected chi connectivity index (χ4v) is 3.20. The first-order valence-electron chi connectivity index (χ1n) is 8.59. The van der Waals surface area contributed by atoms with Crippen molar-refractivity contribution in [2.24, 2.45) is 5.92 Å². The molecule has 22 heavy (non-hydrogen) atoms. The van der Waals surface area contributed by atoms with Crippen LogP contribution in [-0.4, -0.2) is 67.3 Å². The average molecular weight is 363 g/mol. The maximum absolute atomic E-state index is 11.0. The number of hydrogen-bond acceptors (Lipinski definition) is 2. The molecule has 0 rings (SSSR count). The van der Waals surface area contributed by atoms with E-state index in [4.69, 9.17) is 14.3 Å². The van der Waals surface area contributed by atoms with Gasteiger partial charge in [-0.2, -0.15) is 0 Å². The van der Waals surface area contributed by atoms with Crippen molar-refractivity contribution in [3.63, 3.8) is 0 Å². The van der Waals surface area contributed by atoms with Crippen molar-refractivity contribution in [1.82, 2.24) is 0 Å². The summed E-state index contributed by atoms with van der Waals surface area (Å²) in [7, 11) is -4.36. The molecule has 0 amide bonds. The summed E-state index contributed by atoms with van der Waals surface area (Å²) in [5.41, 5.74) is 0. The third-order valence-electron chi connectivity index (χ3n) is 3.65. The van der Waals surface area contributed by atoms with E-state index in [2.05, 4.69) is 6.92 Å². The summed E-state index contributed by atoms with van der Waals surface area (Å²) in [6.07, 6.45) is 12.4. The zero-order chi connectivity index (χ0) is 16.1. The number of phosphoric ester groups is 1. The molecule has 0 aromatic carbocycles. The third-order valence-corrected chi connectivity index (χ3v) is 4.22. The van der Waals surface area contributed by atoms with Crippen molar-refractivity contribution in [1.29, 1.82) is 0 Å². The zero-order valence-electron chi connectivity index (χ0n) is 14.1. The summed E-state index contributed by atoms with van der Waals surface area (Å²) in [4.78, 5) is 17.9. The average Bonchev–Trinajstić information content (AvgIpc) is 2.34. The number of unbranched alkanes of at least 4 members (excludes halogenated alkanes) is 8. The molecule has 0 aliphatic rings. The summed E-state index contributed by atoms with van der Waals surface area (Å²) >= 11 is 0. The number of rotatable bonds is 14. The molecule has 0 heterocycles. The van der Waals surface area contributed by atoms with E-state index in [-0.39, 0.29) is 57.5 Å². The van der Waals surface area contributed by atoms with Crippen molar-refractivity contribution in [3.05, 3.63) is 0 Å². The molecule has 0 saturated heterocycles. The van der Waals surface area contributed by atoms with Crippen LogP contribution in [0.1, 0.15) is 91.4 Å².